The van der Waals surface area contributed by atoms with Gasteiger partial charge in [-0.25, -0.2) is 4.98 Å². The van der Waals surface area contributed by atoms with Gasteiger partial charge in [0.15, 0.2) is 5.69 Å². The molecule has 7 nitrogen and oxygen atoms in total. The van der Waals surface area contributed by atoms with Crippen LogP contribution in [-0.2, 0) is 4.79 Å². The lowest BCUT2D eigenvalue weighted by Gasteiger charge is -2.14. The molecule has 1 atom stereocenters. The highest BCUT2D eigenvalue weighted by atomic mass is 16.3. The highest BCUT2D eigenvalue weighted by Crippen LogP contribution is 2.16. The summed E-state index contributed by atoms with van der Waals surface area (Å²) in [6, 6.07) is -0.266. The van der Waals surface area contributed by atoms with Crippen molar-refractivity contribution in [3.05, 3.63) is 17.8 Å². The summed E-state index contributed by atoms with van der Waals surface area (Å²) in [4.78, 5) is 29.5. The van der Waals surface area contributed by atoms with E-state index in [1.807, 2.05) is 4.90 Å². The minimum absolute atomic E-state index is 0.207. The fraction of sp³-hybridized carbons (Fsp3) is 0.688. The molecule has 2 rings (SSSR count). The second kappa shape index (κ2) is 8.67. The van der Waals surface area contributed by atoms with Crippen LogP contribution in [0.5, 0.6) is 0 Å². The van der Waals surface area contributed by atoms with Gasteiger partial charge < -0.3 is 20.4 Å². The van der Waals surface area contributed by atoms with Crippen molar-refractivity contribution in [1.29, 1.82) is 0 Å². The molecule has 1 aliphatic rings. The Morgan fingerprint density at radius 3 is 3.04 bits per heavy atom. The van der Waals surface area contributed by atoms with Crippen LogP contribution in [0.3, 0.4) is 0 Å². The first-order valence-corrected chi connectivity index (χ1v) is 8.38. The fourth-order valence-electron chi connectivity index (χ4n) is 2.61. The molecule has 2 amide bonds. The minimum Gasteiger partial charge on any atom is -0.446 e. The van der Waals surface area contributed by atoms with Crippen LogP contribution >= 0.6 is 0 Å². The van der Waals surface area contributed by atoms with E-state index in [1.54, 1.807) is 0 Å². The van der Waals surface area contributed by atoms with Gasteiger partial charge in [-0.15, -0.1) is 0 Å². The van der Waals surface area contributed by atoms with Gasteiger partial charge in [0, 0.05) is 26.1 Å². The molecule has 1 aromatic rings. The molecule has 1 saturated heterocycles. The van der Waals surface area contributed by atoms with Gasteiger partial charge in [-0.2, -0.15) is 0 Å². The Kier molecular flexibility index (Phi) is 6.58. The maximum Gasteiger partial charge on any atom is 0.273 e. The second-order valence-corrected chi connectivity index (χ2v) is 5.91. The highest BCUT2D eigenvalue weighted by Gasteiger charge is 2.19. The molecule has 23 heavy (non-hydrogen) atoms. The van der Waals surface area contributed by atoms with Crippen LogP contribution in [-0.4, -0.2) is 41.3 Å². The maximum absolute atomic E-state index is 12.0. The molecular formula is C16H26N4O3. The molecule has 3 N–H and O–H groups in total. The van der Waals surface area contributed by atoms with Crippen molar-refractivity contribution in [2.75, 3.05) is 19.6 Å². The molecule has 1 unspecified atom stereocenters. The summed E-state index contributed by atoms with van der Waals surface area (Å²) in [5.41, 5.74) is 6.23. The quantitative estimate of drug-likeness (QED) is 0.673. The van der Waals surface area contributed by atoms with Crippen molar-refractivity contribution in [1.82, 2.24) is 15.2 Å². The van der Waals surface area contributed by atoms with Gasteiger partial charge in [-0.1, -0.05) is 19.8 Å². The van der Waals surface area contributed by atoms with Gasteiger partial charge in [-0.05, 0) is 19.3 Å². The molecule has 1 aliphatic heterocycles. The Bertz CT molecular complexity index is 529. The SMILES string of the molecule is CCCCC(N)c1nc(C(=O)NCCCN2CCCC2=O)co1. The standard InChI is InChI=1S/C16H26N4O3/c1-2-3-6-12(17)16-19-13(11-23-16)15(22)18-8-5-10-20-9-4-7-14(20)21/h11-12H,2-10,17H2,1H3,(H,18,22). The van der Waals surface area contributed by atoms with Crippen LogP contribution in [0.25, 0.3) is 0 Å². The number of carbonyl (C=O) groups excluding carboxylic acids is 2. The Hall–Kier alpha value is -1.89. The number of hydrogen-bond donors (Lipinski definition) is 2. The van der Waals surface area contributed by atoms with E-state index in [0.717, 1.165) is 38.6 Å². The summed E-state index contributed by atoms with van der Waals surface area (Å²) < 4.78 is 5.30. The minimum atomic E-state index is -0.268. The maximum atomic E-state index is 12.0. The van der Waals surface area contributed by atoms with E-state index in [0.29, 0.717) is 25.4 Å². The van der Waals surface area contributed by atoms with Crippen LogP contribution in [0.4, 0.5) is 0 Å². The average molecular weight is 322 g/mol. The Labute approximate surface area is 136 Å². The lowest BCUT2D eigenvalue weighted by molar-refractivity contribution is -0.127. The van der Waals surface area contributed by atoms with E-state index < -0.39 is 0 Å². The predicted molar refractivity (Wildman–Crippen MR) is 85.7 cm³/mol. The van der Waals surface area contributed by atoms with Crippen molar-refractivity contribution < 1.29 is 14.0 Å². The van der Waals surface area contributed by atoms with Crippen LogP contribution in [0.15, 0.2) is 10.7 Å². The van der Waals surface area contributed by atoms with Crippen LogP contribution in [0, 0.1) is 0 Å². The number of hydrogen-bond acceptors (Lipinski definition) is 5. The summed E-state index contributed by atoms with van der Waals surface area (Å²) in [5.74, 6) is 0.347. The number of carbonyl (C=O) groups is 2. The lowest BCUT2D eigenvalue weighted by atomic mass is 10.1. The number of nitrogens with one attached hydrogen (secondary N) is 1. The van der Waals surface area contributed by atoms with Gasteiger partial charge in [0.25, 0.3) is 5.91 Å². The lowest BCUT2D eigenvalue weighted by Crippen LogP contribution is -2.30. The predicted octanol–water partition coefficient (Wildman–Crippen LogP) is 1.61. The van der Waals surface area contributed by atoms with Gasteiger partial charge in [-0.3, -0.25) is 9.59 Å². The van der Waals surface area contributed by atoms with Crippen molar-refractivity contribution in [2.24, 2.45) is 5.73 Å². The normalized spacial score (nSPS) is 15.9. The monoisotopic (exact) mass is 322 g/mol. The summed E-state index contributed by atoms with van der Waals surface area (Å²) in [7, 11) is 0. The fourth-order valence-corrected chi connectivity index (χ4v) is 2.61. The molecule has 7 heteroatoms. The number of rotatable bonds is 9. The zero-order valence-electron chi connectivity index (χ0n) is 13.7. The number of nitrogens with two attached hydrogens (primary N) is 1. The smallest absolute Gasteiger partial charge is 0.273 e. The Morgan fingerprint density at radius 1 is 1.52 bits per heavy atom. The molecule has 1 aromatic heterocycles. The van der Waals surface area contributed by atoms with Gasteiger partial charge >= 0.3 is 0 Å². The van der Waals surface area contributed by atoms with E-state index in [9.17, 15) is 9.59 Å². The van der Waals surface area contributed by atoms with E-state index >= 15 is 0 Å². The average Bonchev–Trinajstić information content (AvgIpc) is 3.18. The van der Waals surface area contributed by atoms with E-state index in [4.69, 9.17) is 10.2 Å². The van der Waals surface area contributed by atoms with Crippen LogP contribution in [0.1, 0.15) is 67.9 Å². The first-order chi connectivity index (χ1) is 11.1. The number of unbranched alkanes of at least 4 members (excludes halogenated alkanes) is 1. The van der Waals surface area contributed by atoms with Crippen molar-refractivity contribution in [2.45, 2.75) is 51.5 Å². The largest absolute Gasteiger partial charge is 0.446 e. The summed E-state index contributed by atoms with van der Waals surface area (Å²) in [6.07, 6.45) is 6.51. The van der Waals surface area contributed by atoms with Crippen LogP contribution in [0.2, 0.25) is 0 Å². The topological polar surface area (TPSA) is 101 Å². The third-order valence-electron chi connectivity index (χ3n) is 4.00. The molecule has 0 spiro atoms. The van der Waals surface area contributed by atoms with Gasteiger partial charge in [0.1, 0.15) is 6.26 Å². The summed E-state index contributed by atoms with van der Waals surface area (Å²) in [5, 5.41) is 2.79. The third-order valence-corrected chi connectivity index (χ3v) is 4.00. The Balaban J connectivity index is 1.71. The summed E-state index contributed by atoms with van der Waals surface area (Å²) in [6.45, 7) is 4.11. The first-order valence-electron chi connectivity index (χ1n) is 8.38. The first kappa shape index (κ1) is 17.5. The van der Waals surface area contributed by atoms with Gasteiger partial charge in [0.05, 0.1) is 6.04 Å². The number of oxazole rings is 1. The molecule has 0 saturated carbocycles. The number of aromatic nitrogens is 1. The Morgan fingerprint density at radius 2 is 2.35 bits per heavy atom. The molecule has 0 radical (unpaired) electrons. The zero-order valence-corrected chi connectivity index (χ0v) is 13.7. The second-order valence-electron chi connectivity index (χ2n) is 5.91. The zero-order chi connectivity index (χ0) is 16.7. The van der Waals surface area contributed by atoms with Crippen molar-refractivity contribution >= 4 is 11.8 Å². The van der Waals surface area contributed by atoms with Gasteiger partial charge in [0.2, 0.25) is 11.8 Å². The number of nitrogens with zero attached hydrogens (tertiary/aromatic N) is 2. The molecule has 0 aliphatic carbocycles. The molecule has 1 fully saturated rings. The van der Waals surface area contributed by atoms with Crippen molar-refractivity contribution in [3.63, 3.8) is 0 Å². The molecule has 0 bridgehead atoms. The highest BCUT2D eigenvalue weighted by molar-refractivity contribution is 5.91. The number of amides is 2. The van der Waals surface area contributed by atoms with Crippen LogP contribution < -0.4 is 11.1 Å². The van der Waals surface area contributed by atoms with Crippen molar-refractivity contribution in [3.8, 4) is 0 Å². The van der Waals surface area contributed by atoms with E-state index in [1.165, 1.54) is 6.26 Å². The molecule has 0 aromatic carbocycles. The third kappa shape index (κ3) is 5.06. The number of likely N-dealkylation sites (tertiary alicyclic amines) is 1. The molecule has 2 heterocycles. The summed E-state index contributed by atoms with van der Waals surface area (Å²) >= 11 is 0. The van der Waals surface area contributed by atoms with E-state index in [2.05, 4.69) is 17.2 Å². The molecule has 128 valence electrons. The molecular weight excluding hydrogens is 296 g/mol. The van der Waals surface area contributed by atoms with E-state index in [-0.39, 0.29) is 23.6 Å².